The van der Waals surface area contributed by atoms with Crippen LogP contribution in [0.3, 0.4) is 0 Å². The quantitative estimate of drug-likeness (QED) is 0.722. The molecule has 17 heavy (non-hydrogen) atoms. The first kappa shape index (κ1) is 12.3. The maximum Gasteiger partial charge on any atom is 0.366 e. The van der Waals surface area contributed by atoms with E-state index >= 15 is 0 Å². The van der Waals surface area contributed by atoms with Gasteiger partial charge in [-0.2, -0.15) is 8.42 Å². The molecule has 6 nitrogen and oxygen atoms in total. The van der Waals surface area contributed by atoms with Crippen molar-refractivity contribution >= 4 is 21.9 Å². The Kier molecular flexibility index (Phi) is 3.37. The van der Waals surface area contributed by atoms with Crippen molar-refractivity contribution in [3.63, 3.8) is 0 Å². The molecule has 0 aromatic rings. The van der Waals surface area contributed by atoms with E-state index < -0.39 is 10.2 Å². The molecule has 0 atom stereocenters. The molecule has 2 aliphatic heterocycles. The number of hydrogen-bond acceptors (Lipinski definition) is 2. The summed E-state index contributed by atoms with van der Waals surface area (Å²) < 4.78 is 31.2. The molecular formula is C10H18N4O2S. The molecule has 0 unspecified atom stereocenters. The van der Waals surface area contributed by atoms with Gasteiger partial charge in [0.25, 0.3) is 0 Å². The highest BCUT2D eigenvalue weighted by Gasteiger charge is 2.21. The summed E-state index contributed by atoms with van der Waals surface area (Å²) in [6.45, 7) is 1.73. The molecule has 0 bridgehead atoms. The van der Waals surface area contributed by atoms with Crippen molar-refractivity contribution in [3.05, 3.63) is 0 Å². The van der Waals surface area contributed by atoms with E-state index in [-0.39, 0.29) is 0 Å². The Labute approximate surface area is 102 Å². The van der Waals surface area contributed by atoms with Crippen molar-refractivity contribution < 1.29 is 8.42 Å². The van der Waals surface area contributed by atoms with E-state index in [4.69, 9.17) is 0 Å². The molecule has 0 aromatic carbocycles. The summed E-state index contributed by atoms with van der Waals surface area (Å²) in [5.74, 6) is 1.24. The molecule has 2 saturated heterocycles. The van der Waals surface area contributed by atoms with Crippen LogP contribution < -0.4 is 0 Å². The lowest BCUT2D eigenvalue weighted by Gasteiger charge is -2.11. The van der Waals surface area contributed by atoms with E-state index in [9.17, 15) is 8.42 Å². The van der Waals surface area contributed by atoms with Crippen LogP contribution in [0.1, 0.15) is 25.7 Å². The van der Waals surface area contributed by atoms with Gasteiger partial charge in [-0.15, -0.1) is 8.80 Å². The van der Waals surface area contributed by atoms with Crippen molar-refractivity contribution in [1.82, 2.24) is 9.80 Å². The Morgan fingerprint density at radius 3 is 1.65 bits per heavy atom. The first-order valence-corrected chi connectivity index (χ1v) is 7.22. The van der Waals surface area contributed by atoms with Crippen molar-refractivity contribution in [2.24, 2.45) is 8.80 Å². The Bertz CT molecular complexity index is 419. The highest BCUT2D eigenvalue weighted by molar-refractivity contribution is 7.89. The molecule has 7 heteroatoms. The van der Waals surface area contributed by atoms with Gasteiger partial charge >= 0.3 is 10.2 Å². The zero-order valence-corrected chi connectivity index (χ0v) is 11.1. The van der Waals surface area contributed by atoms with E-state index in [1.54, 1.807) is 0 Å². The summed E-state index contributed by atoms with van der Waals surface area (Å²) >= 11 is 0. The fraction of sp³-hybridized carbons (Fsp3) is 0.800. The average Bonchev–Trinajstić information content (AvgIpc) is 2.78. The second-order valence-electron chi connectivity index (χ2n) is 4.51. The first-order chi connectivity index (χ1) is 7.98. The second-order valence-corrected chi connectivity index (χ2v) is 5.77. The Morgan fingerprint density at radius 1 is 0.941 bits per heavy atom. The maximum atomic E-state index is 11.8. The lowest BCUT2D eigenvalue weighted by Crippen LogP contribution is -2.22. The molecule has 0 saturated carbocycles. The Morgan fingerprint density at radius 2 is 1.35 bits per heavy atom. The third-order valence-electron chi connectivity index (χ3n) is 3.11. The maximum absolute atomic E-state index is 11.8. The van der Waals surface area contributed by atoms with Crippen LogP contribution >= 0.6 is 0 Å². The van der Waals surface area contributed by atoms with E-state index in [2.05, 4.69) is 8.80 Å². The normalized spacial score (nSPS) is 26.5. The van der Waals surface area contributed by atoms with Crippen molar-refractivity contribution in [2.75, 3.05) is 27.2 Å². The number of likely N-dealkylation sites (tertiary alicyclic amines) is 2. The molecule has 2 aliphatic rings. The molecule has 0 N–H and O–H groups in total. The van der Waals surface area contributed by atoms with Gasteiger partial charge in [0.1, 0.15) is 11.7 Å². The predicted molar refractivity (Wildman–Crippen MR) is 67.5 cm³/mol. The van der Waals surface area contributed by atoms with Gasteiger partial charge in [-0.1, -0.05) is 0 Å². The molecular weight excluding hydrogens is 240 g/mol. The van der Waals surface area contributed by atoms with E-state index in [0.29, 0.717) is 11.7 Å². The first-order valence-electron chi connectivity index (χ1n) is 5.83. The molecule has 2 rings (SSSR count). The van der Waals surface area contributed by atoms with Crippen LogP contribution in [0, 0.1) is 0 Å². The van der Waals surface area contributed by atoms with Crippen LogP contribution in [0.4, 0.5) is 0 Å². The summed E-state index contributed by atoms with van der Waals surface area (Å²) in [7, 11) is -0.00700. The van der Waals surface area contributed by atoms with E-state index in [0.717, 1.165) is 38.8 Å². The monoisotopic (exact) mass is 258 g/mol. The molecule has 0 aromatic heterocycles. The average molecular weight is 258 g/mol. The summed E-state index contributed by atoms with van der Waals surface area (Å²) in [5, 5.41) is 0. The minimum absolute atomic E-state index is 0.620. The Balaban J connectivity index is 2.20. The molecule has 96 valence electrons. The van der Waals surface area contributed by atoms with Gasteiger partial charge in [0.05, 0.1) is 0 Å². The van der Waals surface area contributed by atoms with Crippen LogP contribution in [-0.2, 0) is 10.2 Å². The van der Waals surface area contributed by atoms with Crippen LogP contribution in [0.25, 0.3) is 0 Å². The standard InChI is InChI=1S/C10H18N4O2S/c1-13-7-3-5-9(13)11-17(15,16)12-10-6-4-8-14(10)2/h3-8H2,1-2H3. The summed E-state index contributed by atoms with van der Waals surface area (Å²) in [5.41, 5.74) is 0. The van der Waals surface area contributed by atoms with E-state index in [1.807, 2.05) is 23.9 Å². The third-order valence-corrected chi connectivity index (χ3v) is 3.99. The highest BCUT2D eigenvalue weighted by Crippen LogP contribution is 2.14. The van der Waals surface area contributed by atoms with Crippen molar-refractivity contribution in [1.29, 1.82) is 0 Å². The zero-order valence-electron chi connectivity index (χ0n) is 10.3. The Hall–Kier alpha value is -1.11. The van der Waals surface area contributed by atoms with Gasteiger partial charge < -0.3 is 9.80 Å². The molecule has 0 radical (unpaired) electrons. The van der Waals surface area contributed by atoms with Crippen molar-refractivity contribution in [2.45, 2.75) is 25.7 Å². The number of nitrogens with zero attached hydrogens (tertiary/aromatic N) is 4. The predicted octanol–water partition coefficient (Wildman–Crippen LogP) is 0.479. The van der Waals surface area contributed by atoms with Gasteiger partial charge in [0.2, 0.25) is 0 Å². The van der Waals surface area contributed by atoms with Gasteiger partial charge in [0.15, 0.2) is 0 Å². The SMILES string of the molecule is CN1CCCC1=NS(=O)(=O)N=C1CCCN1C. The molecule has 2 heterocycles. The lowest BCUT2D eigenvalue weighted by atomic mass is 10.4. The minimum Gasteiger partial charge on any atom is -0.362 e. The fourth-order valence-corrected chi connectivity index (χ4v) is 3.14. The van der Waals surface area contributed by atoms with Crippen LogP contribution in [0.15, 0.2) is 8.80 Å². The third kappa shape index (κ3) is 2.96. The minimum atomic E-state index is -3.72. The van der Waals surface area contributed by atoms with Gasteiger partial charge in [-0.25, -0.2) is 0 Å². The topological polar surface area (TPSA) is 65.3 Å². The fourth-order valence-electron chi connectivity index (χ4n) is 2.11. The summed E-state index contributed by atoms with van der Waals surface area (Å²) in [6, 6.07) is 0. The second kappa shape index (κ2) is 4.64. The molecule has 2 fully saturated rings. The van der Waals surface area contributed by atoms with Gasteiger partial charge in [-0.3, -0.25) is 0 Å². The number of amidine groups is 2. The zero-order chi connectivity index (χ0) is 12.5. The molecule has 0 spiro atoms. The number of rotatable bonds is 2. The van der Waals surface area contributed by atoms with Gasteiger partial charge in [-0.05, 0) is 12.8 Å². The summed E-state index contributed by atoms with van der Waals surface area (Å²) in [4.78, 5) is 3.74. The van der Waals surface area contributed by atoms with Crippen LogP contribution in [0.5, 0.6) is 0 Å². The largest absolute Gasteiger partial charge is 0.366 e. The molecule has 0 aliphatic carbocycles. The van der Waals surface area contributed by atoms with Crippen LogP contribution in [-0.4, -0.2) is 57.1 Å². The van der Waals surface area contributed by atoms with Gasteiger partial charge in [0, 0.05) is 40.0 Å². The highest BCUT2D eigenvalue weighted by atomic mass is 32.2. The summed E-state index contributed by atoms with van der Waals surface area (Å²) in [6.07, 6.45) is 3.36. The van der Waals surface area contributed by atoms with Crippen LogP contribution in [0.2, 0.25) is 0 Å². The van der Waals surface area contributed by atoms with Crippen molar-refractivity contribution in [3.8, 4) is 0 Å². The van der Waals surface area contributed by atoms with E-state index in [1.165, 1.54) is 0 Å². The lowest BCUT2D eigenvalue weighted by molar-refractivity contribution is 0.546. The number of hydrogen-bond donors (Lipinski definition) is 0. The smallest absolute Gasteiger partial charge is 0.362 e. The molecule has 0 amide bonds.